The number of H-pyrrole nitrogens is 1. The Hall–Kier alpha value is -4.64. The van der Waals surface area contributed by atoms with E-state index in [1.807, 2.05) is 45.0 Å². The molecule has 1 aliphatic heterocycles. The molecule has 2 N–H and O–H groups in total. The van der Waals surface area contributed by atoms with Crippen LogP contribution in [0.5, 0.6) is 0 Å². The first-order chi connectivity index (χ1) is 19.6. The van der Waals surface area contributed by atoms with E-state index in [-0.39, 0.29) is 29.9 Å². The van der Waals surface area contributed by atoms with Crippen LogP contribution in [0.2, 0.25) is 0 Å². The van der Waals surface area contributed by atoms with E-state index in [9.17, 15) is 14.4 Å². The van der Waals surface area contributed by atoms with E-state index in [1.165, 1.54) is 11.3 Å². The number of aromatic amines is 1. The second-order valence-electron chi connectivity index (χ2n) is 10.9. The molecule has 11 heteroatoms. The third-order valence-corrected chi connectivity index (χ3v) is 7.73. The van der Waals surface area contributed by atoms with Crippen molar-refractivity contribution in [3.63, 3.8) is 0 Å². The number of Topliss-reactive ketones (excluding diaryl/α,β-unsaturated/α-hetero) is 1. The standard InChI is InChI=1S/C30H28N6O4S/c1-30(2,3)40-29(39)36-12-11-20-24(16-36)41-25(32-20)14-23(37)19-9-6-10-21-26(19)34-28(33-21)35-27(38)22-13-17-7-4-5-8-18(17)15-31-22/h4-10,13,15H,11-12,14,16H2,1-3H3,(H2,33,34,35,38). The molecular formula is C30H28N6O4S. The molecule has 0 fully saturated rings. The molecule has 0 unspecified atom stereocenters. The van der Waals surface area contributed by atoms with E-state index in [2.05, 4.69) is 20.3 Å². The molecule has 2 aromatic carbocycles. The zero-order valence-corrected chi connectivity index (χ0v) is 23.7. The van der Waals surface area contributed by atoms with E-state index < -0.39 is 11.5 Å². The minimum Gasteiger partial charge on any atom is -0.444 e. The van der Waals surface area contributed by atoms with Crippen molar-refractivity contribution in [1.29, 1.82) is 0 Å². The number of rotatable bonds is 5. The highest BCUT2D eigenvalue weighted by Gasteiger charge is 2.28. The summed E-state index contributed by atoms with van der Waals surface area (Å²) in [6.45, 7) is 6.47. The van der Waals surface area contributed by atoms with Gasteiger partial charge in [-0.1, -0.05) is 30.3 Å². The average molecular weight is 569 g/mol. The van der Waals surface area contributed by atoms with Crippen LogP contribution in [0.25, 0.3) is 21.8 Å². The maximum absolute atomic E-state index is 13.4. The Morgan fingerprint density at radius 3 is 2.68 bits per heavy atom. The molecule has 208 valence electrons. The molecule has 0 bridgehead atoms. The molecule has 5 aromatic rings. The lowest BCUT2D eigenvalue weighted by atomic mass is 10.1. The predicted octanol–water partition coefficient (Wildman–Crippen LogP) is 5.54. The van der Waals surface area contributed by atoms with Crippen molar-refractivity contribution in [3.05, 3.63) is 81.6 Å². The Bertz CT molecular complexity index is 1820. The Morgan fingerprint density at radius 1 is 1.07 bits per heavy atom. The van der Waals surface area contributed by atoms with Crippen molar-refractivity contribution in [3.8, 4) is 0 Å². The molecular weight excluding hydrogens is 540 g/mol. The largest absolute Gasteiger partial charge is 0.444 e. The molecule has 0 saturated heterocycles. The summed E-state index contributed by atoms with van der Waals surface area (Å²) < 4.78 is 5.51. The number of amides is 2. The Morgan fingerprint density at radius 2 is 1.88 bits per heavy atom. The molecule has 0 atom stereocenters. The number of ketones is 1. The SMILES string of the molecule is CC(C)(C)OC(=O)N1CCc2nc(CC(=O)c3cccc4[nH]c(NC(=O)c5cc6ccccc6cn5)nc34)sc2C1. The number of anilines is 1. The van der Waals surface area contributed by atoms with Gasteiger partial charge in [-0.05, 0) is 44.4 Å². The smallest absolute Gasteiger partial charge is 0.410 e. The third kappa shape index (κ3) is 5.66. The zero-order chi connectivity index (χ0) is 28.7. The Kier molecular flexibility index (Phi) is 6.74. The second-order valence-corrected chi connectivity index (χ2v) is 12.1. The lowest BCUT2D eigenvalue weighted by Gasteiger charge is -2.29. The van der Waals surface area contributed by atoms with Crippen LogP contribution in [0, 0.1) is 0 Å². The van der Waals surface area contributed by atoms with E-state index >= 15 is 0 Å². The quantitative estimate of drug-likeness (QED) is 0.266. The van der Waals surface area contributed by atoms with Crippen LogP contribution in [-0.4, -0.2) is 54.8 Å². The molecule has 41 heavy (non-hydrogen) atoms. The number of hydrogen-bond donors (Lipinski definition) is 2. The lowest BCUT2D eigenvalue weighted by molar-refractivity contribution is 0.0225. The summed E-state index contributed by atoms with van der Waals surface area (Å²) in [6, 6.07) is 14.7. The number of thiazole rings is 1. The fourth-order valence-corrected chi connectivity index (χ4v) is 5.86. The summed E-state index contributed by atoms with van der Waals surface area (Å²) in [5, 5.41) is 5.30. The highest BCUT2D eigenvalue weighted by Crippen LogP contribution is 2.28. The normalized spacial score (nSPS) is 13.3. The molecule has 2 amide bonds. The number of carbonyl (C=O) groups is 3. The monoisotopic (exact) mass is 568 g/mol. The summed E-state index contributed by atoms with van der Waals surface area (Å²) in [5.41, 5.74) is 2.15. The zero-order valence-electron chi connectivity index (χ0n) is 22.9. The predicted molar refractivity (Wildman–Crippen MR) is 156 cm³/mol. The summed E-state index contributed by atoms with van der Waals surface area (Å²) >= 11 is 1.44. The lowest BCUT2D eigenvalue weighted by Crippen LogP contribution is -2.39. The van der Waals surface area contributed by atoms with Crippen molar-refractivity contribution < 1.29 is 19.1 Å². The molecule has 6 rings (SSSR count). The average Bonchev–Trinajstić information content (AvgIpc) is 3.53. The fraction of sp³-hybridized carbons (Fsp3) is 0.267. The molecule has 4 heterocycles. The Balaban J connectivity index is 1.16. The van der Waals surface area contributed by atoms with Crippen LogP contribution >= 0.6 is 11.3 Å². The number of para-hydroxylation sites is 1. The highest BCUT2D eigenvalue weighted by molar-refractivity contribution is 7.11. The molecule has 10 nitrogen and oxygen atoms in total. The van der Waals surface area contributed by atoms with E-state index in [0.717, 1.165) is 21.3 Å². The number of pyridine rings is 1. The van der Waals surface area contributed by atoms with Gasteiger partial charge in [-0.25, -0.2) is 14.8 Å². The van der Waals surface area contributed by atoms with Gasteiger partial charge in [0.05, 0.1) is 24.2 Å². The molecule has 0 radical (unpaired) electrons. The van der Waals surface area contributed by atoms with E-state index in [4.69, 9.17) is 9.72 Å². The fourth-order valence-electron chi connectivity index (χ4n) is 4.74. The second kappa shape index (κ2) is 10.4. The number of carbonyl (C=O) groups excluding carboxylic acids is 3. The number of benzene rings is 2. The van der Waals surface area contributed by atoms with Crippen molar-refractivity contribution >= 4 is 56.9 Å². The van der Waals surface area contributed by atoms with Gasteiger partial charge in [0.1, 0.15) is 21.8 Å². The number of imidazole rings is 1. The van der Waals surface area contributed by atoms with E-state index in [0.29, 0.717) is 41.1 Å². The summed E-state index contributed by atoms with van der Waals surface area (Å²) in [4.78, 5) is 58.0. The summed E-state index contributed by atoms with van der Waals surface area (Å²) in [5.74, 6) is -0.310. The van der Waals surface area contributed by atoms with Crippen LogP contribution in [-0.2, 0) is 24.1 Å². The molecule has 0 saturated carbocycles. The first-order valence-corrected chi connectivity index (χ1v) is 14.1. The van der Waals surface area contributed by atoms with Gasteiger partial charge in [-0.3, -0.25) is 19.9 Å². The molecule has 0 spiro atoms. The maximum Gasteiger partial charge on any atom is 0.410 e. The van der Waals surface area contributed by atoms with Crippen molar-refractivity contribution in [2.24, 2.45) is 0 Å². The third-order valence-electron chi connectivity index (χ3n) is 6.65. The van der Waals surface area contributed by atoms with Crippen LogP contribution in [0.4, 0.5) is 10.7 Å². The van der Waals surface area contributed by atoms with Crippen molar-refractivity contribution in [1.82, 2.24) is 24.8 Å². The van der Waals surface area contributed by atoms with Gasteiger partial charge in [0, 0.05) is 35.0 Å². The van der Waals surface area contributed by atoms with Crippen LogP contribution < -0.4 is 5.32 Å². The summed E-state index contributed by atoms with van der Waals surface area (Å²) in [7, 11) is 0. The van der Waals surface area contributed by atoms with Crippen molar-refractivity contribution in [2.75, 3.05) is 11.9 Å². The van der Waals surface area contributed by atoms with Crippen LogP contribution in [0.1, 0.15) is 57.2 Å². The van der Waals surface area contributed by atoms with Gasteiger partial charge in [0.2, 0.25) is 5.95 Å². The minimum atomic E-state index is -0.564. The van der Waals surface area contributed by atoms with Gasteiger partial charge in [0.25, 0.3) is 5.91 Å². The van der Waals surface area contributed by atoms with Gasteiger partial charge in [0.15, 0.2) is 5.78 Å². The Labute approximate surface area is 239 Å². The number of hydrogen-bond acceptors (Lipinski definition) is 8. The topological polar surface area (TPSA) is 130 Å². The number of nitrogens with one attached hydrogen (secondary N) is 2. The first kappa shape index (κ1) is 26.6. The van der Waals surface area contributed by atoms with Crippen LogP contribution in [0.15, 0.2) is 54.7 Å². The number of ether oxygens (including phenoxy) is 1. The number of nitrogens with zero attached hydrogens (tertiary/aromatic N) is 4. The van der Waals surface area contributed by atoms with Crippen molar-refractivity contribution in [2.45, 2.75) is 45.8 Å². The van der Waals surface area contributed by atoms with Gasteiger partial charge in [-0.15, -0.1) is 11.3 Å². The minimum absolute atomic E-state index is 0.110. The highest BCUT2D eigenvalue weighted by atomic mass is 32.1. The van der Waals surface area contributed by atoms with Gasteiger partial charge < -0.3 is 14.6 Å². The molecule has 0 aliphatic carbocycles. The maximum atomic E-state index is 13.4. The first-order valence-electron chi connectivity index (χ1n) is 13.3. The van der Waals surface area contributed by atoms with Crippen LogP contribution in [0.3, 0.4) is 0 Å². The van der Waals surface area contributed by atoms with Gasteiger partial charge in [-0.2, -0.15) is 0 Å². The molecule has 1 aliphatic rings. The molecule has 3 aromatic heterocycles. The summed E-state index contributed by atoms with van der Waals surface area (Å²) in [6.07, 6.45) is 2.03. The number of fused-ring (bicyclic) bond motifs is 3. The van der Waals surface area contributed by atoms with E-state index in [1.54, 1.807) is 35.4 Å². The van der Waals surface area contributed by atoms with Gasteiger partial charge >= 0.3 is 6.09 Å². The number of aromatic nitrogens is 4.